The Kier molecular flexibility index (Phi) is 5.88. The molecule has 1 rings (SSSR count). The molecule has 0 aromatic carbocycles. The summed E-state index contributed by atoms with van der Waals surface area (Å²) >= 11 is 1.61. The van der Waals surface area contributed by atoms with Crippen LogP contribution in [0.25, 0.3) is 0 Å². The van der Waals surface area contributed by atoms with Crippen LogP contribution in [0.1, 0.15) is 19.8 Å². The first-order chi connectivity index (χ1) is 7.77. The molecule has 16 heavy (non-hydrogen) atoms. The fourth-order valence-corrected chi connectivity index (χ4v) is 2.00. The average Bonchev–Trinajstić information content (AvgIpc) is 2.31. The second-order valence-electron chi connectivity index (χ2n) is 3.20. The topological polar surface area (TPSA) is 62.2 Å². The molecule has 0 atom stereocenters. The highest BCUT2D eigenvalue weighted by molar-refractivity contribution is 7.99. The first-order valence-corrected chi connectivity index (χ1v) is 6.24. The van der Waals surface area contributed by atoms with Gasteiger partial charge in [-0.3, -0.25) is 9.78 Å². The highest BCUT2D eigenvalue weighted by atomic mass is 32.2. The number of nitrogens with zero attached hydrogens (tertiary/aromatic N) is 1. The maximum absolute atomic E-state index is 11.3. The molecular formula is C11H16N2O2S. The number of aromatic nitrogens is 1. The van der Waals surface area contributed by atoms with Crippen molar-refractivity contribution in [3.63, 3.8) is 0 Å². The van der Waals surface area contributed by atoms with E-state index in [0.29, 0.717) is 6.42 Å². The number of thioether (sulfide) groups is 1. The summed E-state index contributed by atoms with van der Waals surface area (Å²) in [5, 5.41) is 11.5. The van der Waals surface area contributed by atoms with Crippen LogP contribution in [0, 0.1) is 0 Å². The van der Waals surface area contributed by atoms with Gasteiger partial charge in [0.25, 0.3) is 0 Å². The Bertz CT molecular complexity index is 345. The van der Waals surface area contributed by atoms with E-state index in [9.17, 15) is 4.79 Å². The monoisotopic (exact) mass is 240 g/mol. The van der Waals surface area contributed by atoms with E-state index in [4.69, 9.17) is 5.11 Å². The molecule has 0 saturated heterocycles. The van der Waals surface area contributed by atoms with E-state index in [1.807, 2.05) is 13.0 Å². The molecule has 0 saturated carbocycles. The summed E-state index contributed by atoms with van der Waals surface area (Å²) in [5.74, 6) is 0.812. The van der Waals surface area contributed by atoms with Gasteiger partial charge in [0.05, 0.1) is 11.9 Å². The van der Waals surface area contributed by atoms with E-state index < -0.39 is 0 Å². The van der Waals surface area contributed by atoms with Crippen molar-refractivity contribution in [2.45, 2.75) is 24.7 Å². The van der Waals surface area contributed by atoms with E-state index in [1.54, 1.807) is 24.2 Å². The summed E-state index contributed by atoms with van der Waals surface area (Å²) in [6, 6.07) is 1.87. The Labute approximate surface area is 99.5 Å². The van der Waals surface area contributed by atoms with Crippen LogP contribution in [0.3, 0.4) is 0 Å². The van der Waals surface area contributed by atoms with E-state index in [1.165, 1.54) is 0 Å². The maximum Gasteiger partial charge on any atom is 0.224 e. The molecule has 1 amide bonds. The molecule has 0 aliphatic heterocycles. The van der Waals surface area contributed by atoms with Crippen LogP contribution >= 0.6 is 11.8 Å². The summed E-state index contributed by atoms with van der Waals surface area (Å²) in [4.78, 5) is 16.2. The molecule has 0 spiro atoms. The highest BCUT2D eigenvalue weighted by Gasteiger charge is 2.05. The number of carbonyl (C=O) groups excluding carboxylic acids is 1. The Hall–Kier alpha value is -1.07. The number of hydrogen-bond donors (Lipinski definition) is 2. The van der Waals surface area contributed by atoms with Crippen molar-refractivity contribution in [3.05, 3.63) is 18.5 Å². The number of anilines is 1. The van der Waals surface area contributed by atoms with E-state index in [0.717, 1.165) is 22.8 Å². The summed E-state index contributed by atoms with van der Waals surface area (Å²) in [6.07, 6.45) is 4.54. The largest absolute Gasteiger partial charge is 0.396 e. The fourth-order valence-electron chi connectivity index (χ4n) is 1.09. The van der Waals surface area contributed by atoms with Gasteiger partial charge < -0.3 is 10.4 Å². The van der Waals surface area contributed by atoms with Gasteiger partial charge in [0.2, 0.25) is 5.91 Å². The van der Waals surface area contributed by atoms with Crippen LogP contribution in [0.5, 0.6) is 0 Å². The second kappa shape index (κ2) is 7.24. The third-order valence-electron chi connectivity index (χ3n) is 1.94. The van der Waals surface area contributed by atoms with Crippen molar-refractivity contribution in [3.8, 4) is 0 Å². The molecule has 4 nitrogen and oxygen atoms in total. The number of carbonyl (C=O) groups is 1. The molecule has 88 valence electrons. The summed E-state index contributed by atoms with van der Waals surface area (Å²) in [7, 11) is 0. The molecule has 0 radical (unpaired) electrons. The fraction of sp³-hybridized carbons (Fsp3) is 0.455. The molecule has 0 bridgehead atoms. The number of aliphatic hydroxyl groups is 1. The van der Waals surface area contributed by atoms with E-state index >= 15 is 0 Å². The second-order valence-corrected chi connectivity index (χ2v) is 4.34. The quantitative estimate of drug-likeness (QED) is 0.589. The number of rotatable bonds is 6. The Morgan fingerprint density at radius 1 is 1.62 bits per heavy atom. The van der Waals surface area contributed by atoms with Crippen LogP contribution in [-0.2, 0) is 4.79 Å². The zero-order chi connectivity index (χ0) is 11.8. The smallest absolute Gasteiger partial charge is 0.224 e. The third-order valence-corrected chi connectivity index (χ3v) is 3.10. The van der Waals surface area contributed by atoms with Gasteiger partial charge in [0.1, 0.15) is 0 Å². The molecule has 5 heteroatoms. The number of aliphatic hydroxyl groups excluding tert-OH is 1. The molecule has 0 aliphatic rings. The van der Waals surface area contributed by atoms with Crippen LogP contribution in [0.4, 0.5) is 5.69 Å². The summed E-state index contributed by atoms with van der Waals surface area (Å²) in [6.45, 7) is 2.00. The van der Waals surface area contributed by atoms with Gasteiger partial charge in [-0.25, -0.2) is 0 Å². The normalized spacial score (nSPS) is 10.1. The van der Waals surface area contributed by atoms with Gasteiger partial charge in [-0.05, 0) is 12.5 Å². The Morgan fingerprint density at radius 3 is 3.12 bits per heavy atom. The minimum atomic E-state index is -0.0167. The number of nitrogens with one attached hydrogen (secondary N) is 1. The highest BCUT2D eigenvalue weighted by Crippen LogP contribution is 2.26. The molecule has 0 fully saturated rings. The summed E-state index contributed by atoms with van der Waals surface area (Å²) in [5.41, 5.74) is 0.747. The Morgan fingerprint density at radius 2 is 2.44 bits per heavy atom. The number of hydrogen-bond acceptors (Lipinski definition) is 4. The molecule has 0 aliphatic carbocycles. The van der Waals surface area contributed by atoms with Gasteiger partial charge in [0, 0.05) is 29.9 Å². The molecule has 1 heterocycles. The maximum atomic E-state index is 11.3. The Balaban J connectivity index is 2.63. The molecule has 1 aromatic rings. The molecule has 2 N–H and O–H groups in total. The van der Waals surface area contributed by atoms with E-state index in [-0.39, 0.29) is 12.5 Å². The standard InChI is InChI=1S/C11H16N2O2S/c1-2-11(15)13-9-8-12-5-4-10(9)16-7-3-6-14/h4-5,8,14H,2-3,6-7H2,1H3,(H,13,15). The van der Waals surface area contributed by atoms with Crippen molar-refractivity contribution in [1.29, 1.82) is 0 Å². The first-order valence-electron chi connectivity index (χ1n) is 5.25. The predicted molar refractivity (Wildman–Crippen MR) is 65.6 cm³/mol. The van der Waals surface area contributed by atoms with E-state index in [2.05, 4.69) is 10.3 Å². The zero-order valence-electron chi connectivity index (χ0n) is 9.27. The van der Waals surface area contributed by atoms with Crippen LogP contribution in [-0.4, -0.2) is 28.4 Å². The van der Waals surface area contributed by atoms with Crippen molar-refractivity contribution >= 4 is 23.4 Å². The molecule has 0 unspecified atom stereocenters. The van der Waals surface area contributed by atoms with Gasteiger partial charge in [-0.15, -0.1) is 11.8 Å². The predicted octanol–water partition coefficient (Wildman–Crippen LogP) is 1.90. The van der Waals surface area contributed by atoms with Gasteiger partial charge in [0.15, 0.2) is 0 Å². The lowest BCUT2D eigenvalue weighted by Crippen LogP contribution is -2.10. The van der Waals surface area contributed by atoms with Crippen molar-refractivity contribution in [1.82, 2.24) is 4.98 Å². The molecule has 1 aromatic heterocycles. The number of pyridine rings is 1. The van der Waals surface area contributed by atoms with Gasteiger partial charge in [-0.2, -0.15) is 0 Å². The van der Waals surface area contributed by atoms with Crippen LogP contribution in [0.2, 0.25) is 0 Å². The van der Waals surface area contributed by atoms with Gasteiger partial charge >= 0.3 is 0 Å². The minimum absolute atomic E-state index is 0.0167. The lowest BCUT2D eigenvalue weighted by Gasteiger charge is -2.08. The third kappa shape index (κ3) is 4.20. The summed E-state index contributed by atoms with van der Waals surface area (Å²) < 4.78 is 0. The van der Waals surface area contributed by atoms with Crippen LogP contribution < -0.4 is 5.32 Å². The van der Waals surface area contributed by atoms with Gasteiger partial charge in [-0.1, -0.05) is 6.92 Å². The van der Waals surface area contributed by atoms with Crippen LogP contribution in [0.15, 0.2) is 23.4 Å². The lowest BCUT2D eigenvalue weighted by atomic mass is 10.4. The lowest BCUT2D eigenvalue weighted by molar-refractivity contribution is -0.115. The minimum Gasteiger partial charge on any atom is -0.396 e. The first kappa shape index (κ1) is 13.0. The average molecular weight is 240 g/mol. The zero-order valence-corrected chi connectivity index (χ0v) is 10.1. The number of amides is 1. The van der Waals surface area contributed by atoms with Crippen molar-refractivity contribution in [2.24, 2.45) is 0 Å². The van der Waals surface area contributed by atoms with Crippen molar-refractivity contribution < 1.29 is 9.90 Å². The van der Waals surface area contributed by atoms with Crippen molar-refractivity contribution in [2.75, 3.05) is 17.7 Å². The molecular weight excluding hydrogens is 224 g/mol. The SMILES string of the molecule is CCC(=O)Nc1cnccc1SCCCO.